The average molecular weight is 291 g/mol. The number of carboxylic acids is 1. The first-order valence-corrected chi connectivity index (χ1v) is 7.30. The van der Waals surface area contributed by atoms with Gasteiger partial charge in [-0.1, -0.05) is 0 Å². The highest BCUT2D eigenvalue weighted by Crippen LogP contribution is 2.21. The number of aryl methyl sites for hydroxylation is 1. The molecule has 0 radical (unpaired) electrons. The standard InChI is InChI=1S/C16H21NO4/c1-12-4-6-14(21-12)7-8-15(18)17-10-2-3-13(11-17)5-9-16(19)20/h4,6-8,13H,2-3,5,9-11H2,1H3,(H,19,20)/b8-7-/t13-/m0/s1. The molecule has 0 spiro atoms. The lowest BCUT2D eigenvalue weighted by Gasteiger charge is -2.31. The van der Waals surface area contributed by atoms with Crippen LogP contribution in [0.5, 0.6) is 0 Å². The van der Waals surface area contributed by atoms with Crippen LogP contribution in [-0.2, 0) is 9.59 Å². The van der Waals surface area contributed by atoms with E-state index in [4.69, 9.17) is 9.52 Å². The summed E-state index contributed by atoms with van der Waals surface area (Å²) in [5.74, 6) is 0.961. The van der Waals surface area contributed by atoms with E-state index < -0.39 is 5.97 Å². The summed E-state index contributed by atoms with van der Waals surface area (Å²) in [6.07, 6.45) is 5.95. The number of amides is 1. The van der Waals surface area contributed by atoms with Crippen LogP contribution in [0.15, 0.2) is 22.6 Å². The minimum atomic E-state index is -0.772. The highest BCUT2D eigenvalue weighted by atomic mass is 16.4. The van der Waals surface area contributed by atoms with Crippen molar-refractivity contribution < 1.29 is 19.1 Å². The highest BCUT2D eigenvalue weighted by Gasteiger charge is 2.22. The fourth-order valence-corrected chi connectivity index (χ4v) is 2.63. The molecule has 1 aromatic rings. The minimum absolute atomic E-state index is 0.0379. The first-order valence-electron chi connectivity index (χ1n) is 7.30. The summed E-state index contributed by atoms with van der Waals surface area (Å²) in [7, 11) is 0. The number of rotatable bonds is 5. The van der Waals surface area contributed by atoms with Crippen LogP contribution < -0.4 is 0 Å². The van der Waals surface area contributed by atoms with Gasteiger partial charge in [-0.2, -0.15) is 0 Å². The summed E-state index contributed by atoms with van der Waals surface area (Å²) in [6, 6.07) is 3.68. The molecule has 2 rings (SSSR count). The lowest BCUT2D eigenvalue weighted by molar-refractivity contribution is -0.137. The number of hydrogen-bond acceptors (Lipinski definition) is 3. The van der Waals surface area contributed by atoms with Gasteiger partial charge in [0.25, 0.3) is 0 Å². The van der Waals surface area contributed by atoms with Gasteiger partial charge in [0.05, 0.1) is 0 Å². The maximum atomic E-state index is 12.1. The predicted molar refractivity (Wildman–Crippen MR) is 78.7 cm³/mol. The van der Waals surface area contributed by atoms with Crippen LogP contribution in [0.2, 0.25) is 0 Å². The van der Waals surface area contributed by atoms with Gasteiger partial charge < -0.3 is 14.4 Å². The van der Waals surface area contributed by atoms with Crippen LogP contribution in [-0.4, -0.2) is 35.0 Å². The molecular formula is C16H21NO4. The van der Waals surface area contributed by atoms with E-state index in [1.54, 1.807) is 11.0 Å². The van der Waals surface area contributed by atoms with E-state index in [1.165, 1.54) is 6.08 Å². The molecule has 0 aromatic carbocycles. The van der Waals surface area contributed by atoms with E-state index in [-0.39, 0.29) is 18.2 Å². The van der Waals surface area contributed by atoms with Crippen molar-refractivity contribution >= 4 is 18.0 Å². The van der Waals surface area contributed by atoms with Crippen molar-refractivity contribution in [3.05, 3.63) is 29.7 Å². The number of carboxylic acid groups (broad SMARTS) is 1. The van der Waals surface area contributed by atoms with Gasteiger partial charge in [0.15, 0.2) is 0 Å². The molecule has 0 aliphatic carbocycles. The molecule has 1 N–H and O–H groups in total. The number of hydrogen-bond donors (Lipinski definition) is 1. The van der Waals surface area contributed by atoms with Crippen molar-refractivity contribution in [1.29, 1.82) is 0 Å². The first-order chi connectivity index (χ1) is 10.0. The Morgan fingerprint density at radius 1 is 1.48 bits per heavy atom. The zero-order valence-electron chi connectivity index (χ0n) is 12.2. The predicted octanol–water partition coefficient (Wildman–Crippen LogP) is 2.70. The van der Waals surface area contributed by atoms with Gasteiger partial charge in [-0.3, -0.25) is 9.59 Å². The zero-order valence-corrected chi connectivity index (χ0v) is 12.2. The molecule has 114 valence electrons. The Morgan fingerprint density at radius 2 is 2.29 bits per heavy atom. The fraction of sp³-hybridized carbons (Fsp3) is 0.500. The van der Waals surface area contributed by atoms with Gasteiger partial charge >= 0.3 is 5.97 Å². The SMILES string of the molecule is Cc1ccc(/C=C\C(=O)N2CCC[C@@H](CCC(=O)O)C2)o1. The van der Waals surface area contributed by atoms with E-state index >= 15 is 0 Å². The molecule has 1 aliphatic rings. The Morgan fingerprint density at radius 3 is 2.95 bits per heavy atom. The topological polar surface area (TPSA) is 70.8 Å². The lowest BCUT2D eigenvalue weighted by atomic mass is 9.93. The van der Waals surface area contributed by atoms with Crippen LogP contribution in [0.3, 0.4) is 0 Å². The zero-order chi connectivity index (χ0) is 15.2. The van der Waals surface area contributed by atoms with Gasteiger partial charge in [0, 0.05) is 25.6 Å². The molecule has 0 unspecified atom stereocenters. The Hall–Kier alpha value is -2.04. The van der Waals surface area contributed by atoms with Crippen molar-refractivity contribution in [1.82, 2.24) is 4.90 Å². The monoisotopic (exact) mass is 291 g/mol. The molecule has 1 aromatic heterocycles. The van der Waals surface area contributed by atoms with E-state index in [2.05, 4.69) is 0 Å². The number of piperidine rings is 1. The van der Waals surface area contributed by atoms with Crippen LogP contribution in [0, 0.1) is 12.8 Å². The van der Waals surface area contributed by atoms with Gasteiger partial charge in [-0.25, -0.2) is 0 Å². The smallest absolute Gasteiger partial charge is 0.303 e. The molecule has 1 fully saturated rings. The van der Waals surface area contributed by atoms with Gasteiger partial charge in [-0.15, -0.1) is 0 Å². The molecular weight excluding hydrogens is 270 g/mol. The number of likely N-dealkylation sites (tertiary alicyclic amines) is 1. The second kappa shape index (κ2) is 7.11. The summed E-state index contributed by atoms with van der Waals surface area (Å²) in [5.41, 5.74) is 0. The van der Waals surface area contributed by atoms with Gasteiger partial charge in [0.1, 0.15) is 11.5 Å². The molecule has 2 heterocycles. The lowest BCUT2D eigenvalue weighted by Crippen LogP contribution is -2.39. The van der Waals surface area contributed by atoms with Crippen molar-refractivity contribution in [3.8, 4) is 0 Å². The maximum absolute atomic E-state index is 12.1. The van der Waals surface area contributed by atoms with Crippen LogP contribution in [0.4, 0.5) is 0 Å². The van der Waals surface area contributed by atoms with E-state index in [9.17, 15) is 9.59 Å². The number of carbonyl (C=O) groups is 2. The average Bonchev–Trinajstić information content (AvgIpc) is 2.88. The second-order valence-corrected chi connectivity index (χ2v) is 5.51. The van der Waals surface area contributed by atoms with Crippen molar-refractivity contribution in [2.45, 2.75) is 32.6 Å². The molecule has 5 heteroatoms. The van der Waals surface area contributed by atoms with E-state index in [1.807, 2.05) is 19.1 Å². The van der Waals surface area contributed by atoms with Crippen LogP contribution in [0.25, 0.3) is 6.08 Å². The Kier molecular flexibility index (Phi) is 5.20. The molecule has 0 saturated carbocycles. The molecule has 1 amide bonds. The summed E-state index contributed by atoms with van der Waals surface area (Å²) in [4.78, 5) is 24.6. The summed E-state index contributed by atoms with van der Waals surface area (Å²) < 4.78 is 5.38. The van der Waals surface area contributed by atoms with Crippen molar-refractivity contribution in [2.24, 2.45) is 5.92 Å². The van der Waals surface area contributed by atoms with E-state index in [0.29, 0.717) is 18.7 Å². The largest absolute Gasteiger partial charge is 0.481 e. The highest BCUT2D eigenvalue weighted by molar-refractivity contribution is 5.91. The third kappa shape index (κ3) is 4.77. The quantitative estimate of drug-likeness (QED) is 0.847. The normalized spacial score (nSPS) is 19.1. The molecule has 21 heavy (non-hydrogen) atoms. The number of furan rings is 1. The second-order valence-electron chi connectivity index (χ2n) is 5.51. The first kappa shape index (κ1) is 15.4. The maximum Gasteiger partial charge on any atom is 0.303 e. The van der Waals surface area contributed by atoms with E-state index in [0.717, 1.165) is 25.1 Å². The molecule has 0 bridgehead atoms. The minimum Gasteiger partial charge on any atom is -0.481 e. The van der Waals surface area contributed by atoms with Crippen LogP contribution in [0.1, 0.15) is 37.2 Å². The number of aliphatic carboxylic acids is 1. The van der Waals surface area contributed by atoms with Crippen molar-refractivity contribution in [3.63, 3.8) is 0 Å². The molecule has 1 aliphatic heterocycles. The molecule has 5 nitrogen and oxygen atoms in total. The summed E-state index contributed by atoms with van der Waals surface area (Å²) in [6.45, 7) is 3.24. The Bertz CT molecular complexity index is 532. The summed E-state index contributed by atoms with van der Waals surface area (Å²) >= 11 is 0. The summed E-state index contributed by atoms with van der Waals surface area (Å²) in [5, 5.41) is 8.73. The van der Waals surface area contributed by atoms with Crippen molar-refractivity contribution in [2.75, 3.05) is 13.1 Å². The fourth-order valence-electron chi connectivity index (χ4n) is 2.63. The van der Waals surface area contributed by atoms with Gasteiger partial charge in [0.2, 0.25) is 5.91 Å². The molecule has 1 atom stereocenters. The van der Waals surface area contributed by atoms with Gasteiger partial charge in [-0.05, 0) is 50.3 Å². The van der Waals surface area contributed by atoms with Crippen LogP contribution >= 0.6 is 0 Å². The number of carbonyl (C=O) groups excluding carboxylic acids is 1. The Labute approximate surface area is 124 Å². The third-order valence-electron chi connectivity index (χ3n) is 3.75. The third-order valence-corrected chi connectivity index (χ3v) is 3.75. The number of nitrogens with zero attached hydrogens (tertiary/aromatic N) is 1. The molecule has 1 saturated heterocycles. The Balaban J connectivity index is 1.86.